The molecule has 0 aromatic rings. The third-order valence-corrected chi connectivity index (χ3v) is 17.8. The van der Waals surface area contributed by atoms with Gasteiger partial charge in [0.2, 0.25) is 0 Å². The third kappa shape index (κ3) is 23.2. The molecule has 0 amide bonds. The van der Waals surface area contributed by atoms with Gasteiger partial charge in [0.05, 0.1) is 0 Å². The third-order valence-electron chi connectivity index (χ3n) is 5.72. The highest BCUT2D eigenvalue weighted by Crippen LogP contribution is 2.30. The van der Waals surface area contributed by atoms with E-state index < -0.39 is 33.8 Å². The smallest absolute Gasteiger partial charge is 0.417 e. The van der Waals surface area contributed by atoms with E-state index in [1.165, 1.54) is 103 Å². The molecule has 0 aromatic carbocycles. The molecule has 34 heavy (non-hydrogen) atoms. The molecular formula is C27H64O3Si4. The van der Waals surface area contributed by atoms with Crippen molar-refractivity contribution in [2.45, 2.75) is 175 Å². The molecule has 0 aliphatic rings. The van der Waals surface area contributed by atoms with Crippen molar-refractivity contribution in [3.63, 3.8) is 0 Å². The van der Waals surface area contributed by atoms with Crippen LogP contribution in [-0.2, 0) is 12.3 Å². The number of rotatable bonds is 23. The summed E-state index contributed by atoms with van der Waals surface area (Å²) in [5.41, 5.74) is 0. The van der Waals surface area contributed by atoms with Crippen LogP contribution in [0, 0.1) is 0 Å². The second-order valence-electron chi connectivity index (χ2n) is 13.4. The van der Waals surface area contributed by atoms with Gasteiger partial charge in [-0.1, -0.05) is 103 Å². The molecule has 0 aromatic heterocycles. The van der Waals surface area contributed by atoms with Crippen LogP contribution >= 0.6 is 0 Å². The van der Waals surface area contributed by atoms with Crippen molar-refractivity contribution in [2.24, 2.45) is 0 Å². The highest BCUT2D eigenvalue weighted by Gasteiger charge is 2.49. The molecule has 0 bridgehead atoms. The first-order valence-electron chi connectivity index (χ1n) is 14.8. The molecule has 0 aliphatic heterocycles. The van der Waals surface area contributed by atoms with Crippen LogP contribution in [0.1, 0.15) is 110 Å². The van der Waals surface area contributed by atoms with Crippen LogP contribution < -0.4 is 0 Å². The van der Waals surface area contributed by atoms with Gasteiger partial charge in [-0.05, 0) is 65.3 Å². The molecule has 0 spiro atoms. The molecule has 0 rings (SSSR count). The van der Waals surface area contributed by atoms with Crippen LogP contribution in [0.2, 0.25) is 65.0 Å². The Morgan fingerprint density at radius 3 is 0.824 bits per heavy atom. The Labute approximate surface area is 220 Å². The fourth-order valence-electron chi connectivity index (χ4n) is 4.50. The van der Waals surface area contributed by atoms with E-state index in [9.17, 15) is 0 Å². The number of hydrogen-bond donors (Lipinski definition) is 0. The number of unbranched alkanes of at least 4 members (excludes halogenated alkanes) is 15. The number of hydrogen-bond acceptors (Lipinski definition) is 3. The average Bonchev–Trinajstić information content (AvgIpc) is 2.63. The molecule has 0 saturated heterocycles. The summed E-state index contributed by atoms with van der Waals surface area (Å²) in [6.45, 7) is 22.8. The molecule has 0 N–H and O–H groups in total. The summed E-state index contributed by atoms with van der Waals surface area (Å²) in [4.78, 5) is 0. The van der Waals surface area contributed by atoms with E-state index in [0.717, 1.165) is 6.04 Å². The maximum atomic E-state index is 6.80. The molecule has 0 heterocycles. The van der Waals surface area contributed by atoms with Gasteiger partial charge in [-0.3, -0.25) is 0 Å². The van der Waals surface area contributed by atoms with Crippen LogP contribution in [0.25, 0.3) is 0 Å². The Morgan fingerprint density at radius 1 is 0.353 bits per heavy atom. The Bertz CT molecular complexity index is 441. The van der Waals surface area contributed by atoms with Gasteiger partial charge in [-0.25, -0.2) is 0 Å². The van der Waals surface area contributed by atoms with E-state index in [-0.39, 0.29) is 0 Å². The second-order valence-corrected chi connectivity index (χ2v) is 30.4. The van der Waals surface area contributed by atoms with Crippen molar-refractivity contribution in [1.82, 2.24) is 0 Å². The molecule has 0 fully saturated rings. The van der Waals surface area contributed by atoms with Crippen molar-refractivity contribution in [2.75, 3.05) is 0 Å². The Kier molecular flexibility index (Phi) is 18.5. The molecule has 3 nitrogen and oxygen atoms in total. The predicted molar refractivity (Wildman–Crippen MR) is 163 cm³/mol. The van der Waals surface area contributed by atoms with Crippen LogP contribution in [0.15, 0.2) is 0 Å². The quantitative estimate of drug-likeness (QED) is 0.0938. The van der Waals surface area contributed by atoms with Crippen molar-refractivity contribution < 1.29 is 12.3 Å². The van der Waals surface area contributed by atoms with Crippen molar-refractivity contribution in [3.8, 4) is 0 Å². The Morgan fingerprint density at radius 2 is 0.588 bits per heavy atom. The molecule has 0 radical (unpaired) electrons. The van der Waals surface area contributed by atoms with Gasteiger partial charge in [0.1, 0.15) is 0 Å². The molecular weight excluding hydrogens is 485 g/mol. The lowest BCUT2D eigenvalue weighted by Crippen LogP contribution is -2.60. The van der Waals surface area contributed by atoms with Gasteiger partial charge in [-0.2, -0.15) is 0 Å². The molecule has 7 heteroatoms. The van der Waals surface area contributed by atoms with Crippen LogP contribution in [0.4, 0.5) is 0 Å². The highest BCUT2D eigenvalue weighted by atomic mass is 28.5. The van der Waals surface area contributed by atoms with E-state index in [4.69, 9.17) is 12.3 Å². The summed E-state index contributed by atoms with van der Waals surface area (Å²) in [6, 6.07) is 1.00. The lowest BCUT2D eigenvalue weighted by molar-refractivity contribution is 0.250. The van der Waals surface area contributed by atoms with Gasteiger partial charge in [-0.15, -0.1) is 0 Å². The first-order valence-corrected chi connectivity index (χ1v) is 26.9. The maximum Gasteiger partial charge on any atom is 0.469 e. The van der Waals surface area contributed by atoms with Crippen LogP contribution in [0.5, 0.6) is 0 Å². The van der Waals surface area contributed by atoms with Gasteiger partial charge >= 0.3 is 8.80 Å². The van der Waals surface area contributed by atoms with Gasteiger partial charge in [0.25, 0.3) is 0 Å². The summed E-state index contributed by atoms with van der Waals surface area (Å²) in [6.07, 6.45) is 22.4. The maximum absolute atomic E-state index is 6.80. The zero-order valence-corrected chi connectivity index (χ0v) is 29.2. The summed E-state index contributed by atoms with van der Waals surface area (Å²) in [5, 5.41) is 0. The van der Waals surface area contributed by atoms with Crippen LogP contribution in [-0.4, -0.2) is 33.8 Å². The van der Waals surface area contributed by atoms with Crippen molar-refractivity contribution in [1.29, 1.82) is 0 Å². The minimum absolute atomic E-state index is 1.00. The second kappa shape index (κ2) is 18.1. The Balaban J connectivity index is 4.16. The lowest BCUT2D eigenvalue weighted by atomic mass is 10.0. The first-order chi connectivity index (χ1) is 15.7. The fraction of sp³-hybridized carbons (Fsp3) is 1.00. The van der Waals surface area contributed by atoms with E-state index in [1.807, 2.05) is 0 Å². The molecule has 0 aliphatic carbocycles. The summed E-state index contributed by atoms with van der Waals surface area (Å²) < 4.78 is 20.4. The highest BCUT2D eigenvalue weighted by molar-refractivity contribution is 6.90. The molecule has 0 atom stereocenters. The Hall–Kier alpha value is 0.748. The lowest BCUT2D eigenvalue weighted by Gasteiger charge is -2.43. The zero-order valence-electron chi connectivity index (χ0n) is 25.2. The van der Waals surface area contributed by atoms with Crippen molar-refractivity contribution >= 4 is 33.8 Å². The summed E-state index contributed by atoms with van der Waals surface area (Å²) in [5.74, 6) is 0. The predicted octanol–water partition coefficient (Wildman–Crippen LogP) is 10.7. The normalized spacial score (nSPS) is 13.6. The summed E-state index contributed by atoms with van der Waals surface area (Å²) >= 11 is 0. The van der Waals surface area contributed by atoms with Gasteiger partial charge < -0.3 is 12.3 Å². The van der Waals surface area contributed by atoms with E-state index >= 15 is 0 Å². The minimum Gasteiger partial charge on any atom is -0.417 e. The van der Waals surface area contributed by atoms with Gasteiger partial charge in [0.15, 0.2) is 25.0 Å². The first kappa shape index (κ1) is 34.7. The zero-order chi connectivity index (χ0) is 26.1. The van der Waals surface area contributed by atoms with Gasteiger partial charge in [0, 0.05) is 6.04 Å². The molecule has 206 valence electrons. The van der Waals surface area contributed by atoms with E-state index in [0.29, 0.717) is 0 Å². The monoisotopic (exact) mass is 548 g/mol. The molecule has 0 unspecified atom stereocenters. The fourth-order valence-corrected chi connectivity index (χ4v) is 19.2. The standard InChI is InChI=1S/C27H64O3Si4/c1-11-12-13-14-15-16-17-18-19-20-21-22-23-24-25-26-27-34(28-31(2,3)4,29-32(5,6)7)30-33(8,9)10/h11-27H2,1-10H3. The van der Waals surface area contributed by atoms with E-state index in [1.54, 1.807) is 0 Å². The minimum atomic E-state index is -2.62. The SMILES string of the molecule is CCCCCCCCCCCCCCCCCC[Si](O[Si](C)(C)C)(O[Si](C)(C)C)O[Si](C)(C)C. The average molecular weight is 549 g/mol. The largest absolute Gasteiger partial charge is 0.469 e. The topological polar surface area (TPSA) is 27.7 Å². The van der Waals surface area contributed by atoms with E-state index in [2.05, 4.69) is 65.8 Å². The van der Waals surface area contributed by atoms with Crippen molar-refractivity contribution in [3.05, 3.63) is 0 Å². The van der Waals surface area contributed by atoms with Crippen LogP contribution in [0.3, 0.4) is 0 Å². The molecule has 0 saturated carbocycles. The summed E-state index contributed by atoms with van der Waals surface area (Å²) in [7, 11) is -7.86.